The average Bonchev–Trinajstić information content (AvgIpc) is 3.33. The smallest absolute Gasteiger partial charge is 0.248 e. The van der Waals surface area contributed by atoms with Gasteiger partial charge in [-0.05, 0) is 51.5 Å². The molecule has 2 aromatic carbocycles. The maximum atomic E-state index is 14.0. The van der Waals surface area contributed by atoms with E-state index in [0.717, 1.165) is 0 Å². The zero-order chi connectivity index (χ0) is 29.4. The second-order valence-electron chi connectivity index (χ2n) is 9.83. The highest BCUT2D eigenvalue weighted by molar-refractivity contribution is 6.31. The van der Waals surface area contributed by atoms with Crippen LogP contribution in [-0.2, 0) is 14.4 Å². The number of methoxy groups -OCH3 is 2. The molecule has 0 fully saturated rings. The van der Waals surface area contributed by atoms with Crippen molar-refractivity contribution >= 4 is 40.8 Å². The number of hydrogen-bond donors (Lipinski definition) is 2. The molecule has 0 bridgehead atoms. The summed E-state index contributed by atoms with van der Waals surface area (Å²) < 4.78 is 16.1. The lowest BCUT2D eigenvalue weighted by molar-refractivity contribution is -0.128. The topological polar surface area (TPSA) is 123 Å². The number of nitrogens with one attached hydrogen (secondary N) is 2. The van der Waals surface area contributed by atoms with Crippen molar-refractivity contribution in [1.82, 2.24) is 10.5 Å². The summed E-state index contributed by atoms with van der Waals surface area (Å²) in [6.07, 6.45) is 0.280. The van der Waals surface area contributed by atoms with Gasteiger partial charge in [-0.15, -0.1) is 0 Å². The Morgan fingerprint density at radius 3 is 2.40 bits per heavy atom. The van der Waals surface area contributed by atoms with Gasteiger partial charge < -0.3 is 24.6 Å². The number of anilines is 2. The van der Waals surface area contributed by atoms with E-state index in [1.54, 1.807) is 55.5 Å². The normalized spacial score (nSPS) is 11.9. The molecule has 1 heterocycles. The Morgan fingerprint density at radius 2 is 1.80 bits per heavy atom. The number of rotatable bonds is 12. The molecular weight excluding hydrogens is 536 g/mol. The Kier molecular flexibility index (Phi) is 10.2. The lowest BCUT2D eigenvalue weighted by Crippen LogP contribution is -2.50. The molecule has 3 aromatic rings. The second kappa shape index (κ2) is 13.3. The van der Waals surface area contributed by atoms with Gasteiger partial charge in [-0.3, -0.25) is 19.3 Å². The number of halogens is 1. The highest BCUT2D eigenvalue weighted by Crippen LogP contribution is 2.40. The number of amides is 3. The summed E-state index contributed by atoms with van der Waals surface area (Å²) in [7, 11) is 2.96. The zero-order valence-electron chi connectivity index (χ0n) is 23.5. The number of ether oxygens (including phenoxy) is 2. The Hall–Kier alpha value is -4.05. The molecule has 10 nitrogen and oxygen atoms in total. The maximum Gasteiger partial charge on any atom is 0.248 e. The van der Waals surface area contributed by atoms with Gasteiger partial charge in [0.2, 0.25) is 17.7 Å². The molecule has 0 saturated carbocycles. The maximum absolute atomic E-state index is 14.0. The van der Waals surface area contributed by atoms with Gasteiger partial charge >= 0.3 is 0 Å². The molecule has 0 radical (unpaired) electrons. The van der Waals surface area contributed by atoms with E-state index < -0.39 is 29.3 Å². The third kappa shape index (κ3) is 7.53. The molecular formula is C29H35ClN4O6. The van der Waals surface area contributed by atoms with Crippen molar-refractivity contribution in [2.45, 2.75) is 58.5 Å². The van der Waals surface area contributed by atoms with Crippen LogP contribution in [0.3, 0.4) is 0 Å². The highest BCUT2D eigenvalue weighted by Gasteiger charge is 2.37. The first-order valence-corrected chi connectivity index (χ1v) is 13.2. The molecule has 214 valence electrons. The van der Waals surface area contributed by atoms with E-state index in [1.165, 1.54) is 19.1 Å². The van der Waals surface area contributed by atoms with Gasteiger partial charge in [0, 0.05) is 40.7 Å². The molecule has 3 rings (SSSR count). The number of hydrogen-bond acceptors (Lipinski definition) is 7. The molecule has 0 saturated heterocycles. The van der Waals surface area contributed by atoms with Gasteiger partial charge in [0.1, 0.15) is 11.8 Å². The molecule has 1 unspecified atom stereocenters. The minimum atomic E-state index is -1.18. The number of aryl methyl sites for hydroxylation is 1. The van der Waals surface area contributed by atoms with Crippen LogP contribution in [-0.4, -0.2) is 42.6 Å². The Bertz CT molecular complexity index is 1360. The zero-order valence-corrected chi connectivity index (χ0v) is 24.3. The van der Waals surface area contributed by atoms with Crippen molar-refractivity contribution in [1.29, 1.82) is 0 Å². The highest BCUT2D eigenvalue weighted by atomic mass is 35.5. The first-order chi connectivity index (χ1) is 19.0. The van der Waals surface area contributed by atoms with Crippen molar-refractivity contribution in [2.75, 3.05) is 24.4 Å². The third-order valence-electron chi connectivity index (χ3n) is 6.40. The Balaban J connectivity index is 2.07. The van der Waals surface area contributed by atoms with Gasteiger partial charge in [0.15, 0.2) is 17.3 Å². The van der Waals surface area contributed by atoms with Crippen LogP contribution in [0.15, 0.2) is 53.1 Å². The van der Waals surface area contributed by atoms with Crippen molar-refractivity contribution in [3.63, 3.8) is 0 Å². The predicted molar refractivity (Wildman–Crippen MR) is 153 cm³/mol. The standard InChI is InChI=1S/C29H35ClN4O6/c1-7-29(3,4)32-28(37)26(21-12-9-13-22(38-5)27(21)39-6)34(20-11-8-10-19(30)17-20)25(36)15-14-24(35)31-23-16-18(2)40-33-23/h8-13,16-17,26H,7,14-15H2,1-6H3,(H,32,37)(H,31,33,35). The molecule has 2 N–H and O–H groups in total. The molecule has 3 amide bonds. The molecule has 0 aliphatic heterocycles. The van der Waals surface area contributed by atoms with Crippen LogP contribution < -0.4 is 25.0 Å². The first-order valence-electron chi connectivity index (χ1n) is 12.8. The van der Waals surface area contributed by atoms with E-state index in [2.05, 4.69) is 15.8 Å². The van der Waals surface area contributed by atoms with E-state index in [9.17, 15) is 14.4 Å². The average molecular weight is 571 g/mol. The van der Waals surface area contributed by atoms with E-state index in [0.29, 0.717) is 40.0 Å². The van der Waals surface area contributed by atoms with Crippen LogP contribution in [0, 0.1) is 6.92 Å². The minimum absolute atomic E-state index is 0.161. The van der Waals surface area contributed by atoms with Crippen molar-refractivity contribution in [3.05, 3.63) is 64.9 Å². The minimum Gasteiger partial charge on any atom is -0.493 e. The van der Waals surface area contributed by atoms with Crippen LogP contribution in [0.2, 0.25) is 5.02 Å². The molecule has 0 aliphatic carbocycles. The van der Waals surface area contributed by atoms with E-state index in [1.807, 2.05) is 20.8 Å². The third-order valence-corrected chi connectivity index (χ3v) is 6.63. The van der Waals surface area contributed by atoms with Crippen LogP contribution >= 0.6 is 11.6 Å². The van der Waals surface area contributed by atoms with Gasteiger partial charge in [0.25, 0.3) is 0 Å². The number of carbonyl (C=O) groups is 3. The lowest BCUT2D eigenvalue weighted by Gasteiger charge is -2.35. The van der Waals surface area contributed by atoms with Crippen molar-refractivity contribution < 1.29 is 28.4 Å². The van der Waals surface area contributed by atoms with Crippen LogP contribution in [0.1, 0.15) is 57.4 Å². The van der Waals surface area contributed by atoms with Crippen LogP contribution in [0.25, 0.3) is 0 Å². The summed E-state index contributed by atoms with van der Waals surface area (Å²) in [6, 6.07) is 12.1. The van der Waals surface area contributed by atoms with E-state index in [-0.39, 0.29) is 18.7 Å². The largest absolute Gasteiger partial charge is 0.493 e. The lowest BCUT2D eigenvalue weighted by atomic mass is 9.97. The molecule has 0 aliphatic rings. The quantitative estimate of drug-likeness (QED) is 0.297. The molecule has 40 heavy (non-hydrogen) atoms. The second-order valence-corrected chi connectivity index (χ2v) is 10.3. The SMILES string of the molecule is CCC(C)(C)NC(=O)C(c1cccc(OC)c1OC)N(C(=O)CCC(=O)Nc1cc(C)on1)c1cccc(Cl)c1. The first kappa shape index (κ1) is 30.5. The summed E-state index contributed by atoms with van der Waals surface area (Å²) in [6.45, 7) is 7.45. The molecule has 0 spiro atoms. The fourth-order valence-corrected chi connectivity index (χ4v) is 4.23. The van der Waals surface area contributed by atoms with E-state index >= 15 is 0 Å². The number of benzene rings is 2. The summed E-state index contributed by atoms with van der Waals surface area (Å²) in [5, 5.41) is 9.79. The number of carbonyl (C=O) groups excluding carboxylic acids is 3. The predicted octanol–water partition coefficient (Wildman–Crippen LogP) is 5.45. The fourth-order valence-electron chi connectivity index (χ4n) is 4.05. The fraction of sp³-hybridized carbons (Fsp3) is 0.379. The number of para-hydroxylation sites is 1. The van der Waals surface area contributed by atoms with Crippen molar-refractivity contribution in [2.24, 2.45) is 0 Å². The molecule has 1 aromatic heterocycles. The monoisotopic (exact) mass is 570 g/mol. The van der Waals surface area contributed by atoms with Crippen molar-refractivity contribution in [3.8, 4) is 11.5 Å². The summed E-state index contributed by atoms with van der Waals surface area (Å²) in [5.74, 6) is 0.144. The van der Waals surface area contributed by atoms with Gasteiger partial charge in [-0.1, -0.05) is 41.9 Å². The number of nitrogens with zero attached hydrogens (tertiary/aromatic N) is 2. The van der Waals surface area contributed by atoms with Gasteiger partial charge in [-0.25, -0.2) is 0 Å². The number of aromatic nitrogens is 1. The van der Waals surface area contributed by atoms with Crippen LogP contribution in [0.4, 0.5) is 11.5 Å². The Labute approximate surface area is 238 Å². The summed E-state index contributed by atoms with van der Waals surface area (Å²) >= 11 is 6.32. The van der Waals surface area contributed by atoms with Gasteiger partial charge in [-0.2, -0.15) is 0 Å². The summed E-state index contributed by atoms with van der Waals surface area (Å²) in [4.78, 5) is 41.9. The van der Waals surface area contributed by atoms with E-state index in [4.69, 9.17) is 25.6 Å². The molecule has 11 heteroatoms. The van der Waals surface area contributed by atoms with Gasteiger partial charge in [0.05, 0.1) is 14.2 Å². The van der Waals surface area contributed by atoms with Crippen LogP contribution in [0.5, 0.6) is 11.5 Å². The molecule has 1 atom stereocenters. The Morgan fingerprint density at radius 1 is 1.07 bits per heavy atom. The summed E-state index contributed by atoms with van der Waals surface area (Å²) in [5.41, 5.74) is 0.214.